The molecule has 0 radical (unpaired) electrons. The van der Waals surface area contributed by atoms with Crippen LogP contribution < -0.4 is 0 Å². The number of fused-ring (bicyclic) bond motifs is 5. The van der Waals surface area contributed by atoms with Gasteiger partial charge in [-0.25, -0.2) is 0 Å². The number of aliphatic hydroxyl groups is 1. The van der Waals surface area contributed by atoms with Crippen molar-refractivity contribution >= 4 is 5.97 Å². The van der Waals surface area contributed by atoms with Crippen molar-refractivity contribution in [1.29, 1.82) is 0 Å². The average Bonchev–Trinajstić information content (AvgIpc) is 3.12. The molecule has 6 unspecified atom stereocenters. The lowest BCUT2D eigenvalue weighted by Gasteiger charge is -2.42. The maximum Gasteiger partial charge on any atom is 0.439 e. The molecule has 1 N–H and O–H groups in total. The molecule has 0 aromatic rings. The number of hydrogen-bond donors (Lipinski definition) is 1. The molecule has 4 nitrogen and oxygen atoms in total. The van der Waals surface area contributed by atoms with Gasteiger partial charge >= 0.3 is 12.1 Å². The lowest BCUT2D eigenvalue weighted by Crippen LogP contribution is -2.45. The fourth-order valence-electron chi connectivity index (χ4n) is 5.62. The van der Waals surface area contributed by atoms with Gasteiger partial charge in [-0.2, -0.15) is 13.2 Å². The van der Waals surface area contributed by atoms with Crippen LogP contribution in [0.25, 0.3) is 0 Å². The van der Waals surface area contributed by atoms with Gasteiger partial charge in [0.1, 0.15) is 5.60 Å². The highest BCUT2D eigenvalue weighted by molar-refractivity contribution is 5.66. The summed E-state index contributed by atoms with van der Waals surface area (Å²) in [5.41, 5.74) is -0.547. The van der Waals surface area contributed by atoms with Gasteiger partial charge in [-0.05, 0) is 56.3 Å². The number of alkyl halides is 3. The Balaban J connectivity index is 1.59. The van der Waals surface area contributed by atoms with Gasteiger partial charge in [0.25, 0.3) is 6.29 Å². The topological polar surface area (TPSA) is 55.8 Å². The highest BCUT2D eigenvalue weighted by atomic mass is 19.4. The van der Waals surface area contributed by atoms with Crippen LogP contribution >= 0.6 is 0 Å². The van der Waals surface area contributed by atoms with Crippen LogP contribution in [0.3, 0.4) is 0 Å². The fourth-order valence-corrected chi connectivity index (χ4v) is 5.62. The second-order valence-electron chi connectivity index (χ2n) is 7.59. The van der Waals surface area contributed by atoms with Gasteiger partial charge in [0.05, 0.1) is 6.61 Å². The number of hydrogen-bond acceptors (Lipinski definition) is 4. The number of halogens is 3. The minimum Gasteiger partial charge on any atom is -0.459 e. The van der Waals surface area contributed by atoms with Gasteiger partial charge in [0.15, 0.2) is 0 Å². The largest absolute Gasteiger partial charge is 0.459 e. The quantitative estimate of drug-likeness (QED) is 0.453. The summed E-state index contributed by atoms with van der Waals surface area (Å²) in [6, 6.07) is 0. The van der Waals surface area contributed by atoms with Gasteiger partial charge in [-0.1, -0.05) is 6.42 Å². The normalized spacial score (nSPS) is 39.0. The zero-order chi connectivity index (χ0) is 17.5. The van der Waals surface area contributed by atoms with Crippen LogP contribution in [-0.2, 0) is 14.3 Å². The lowest BCUT2D eigenvalue weighted by molar-refractivity contribution is -0.294. The summed E-state index contributed by atoms with van der Waals surface area (Å²) in [7, 11) is 0. The Morgan fingerprint density at radius 2 is 2.04 bits per heavy atom. The summed E-state index contributed by atoms with van der Waals surface area (Å²) in [6.07, 6.45) is -1.16. The van der Waals surface area contributed by atoms with Crippen molar-refractivity contribution in [3.05, 3.63) is 0 Å². The molecule has 7 heteroatoms. The molecule has 0 saturated heterocycles. The van der Waals surface area contributed by atoms with Gasteiger partial charge < -0.3 is 14.6 Å². The molecule has 3 fully saturated rings. The molecule has 3 saturated carbocycles. The van der Waals surface area contributed by atoms with Crippen LogP contribution in [0.2, 0.25) is 0 Å². The molecule has 0 amide bonds. The van der Waals surface area contributed by atoms with Crippen LogP contribution in [0.15, 0.2) is 0 Å². The Hall–Kier alpha value is -0.820. The van der Waals surface area contributed by atoms with Crippen molar-refractivity contribution in [3.8, 4) is 0 Å². The van der Waals surface area contributed by atoms with Gasteiger partial charge in [0, 0.05) is 12.8 Å². The first-order valence-corrected chi connectivity index (χ1v) is 8.79. The first-order chi connectivity index (χ1) is 11.2. The van der Waals surface area contributed by atoms with E-state index in [0.717, 1.165) is 25.2 Å². The number of ether oxygens (including phenoxy) is 2. The molecule has 0 spiro atoms. The van der Waals surface area contributed by atoms with E-state index in [-0.39, 0.29) is 12.6 Å². The molecule has 3 aliphatic rings. The van der Waals surface area contributed by atoms with E-state index in [4.69, 9.17) is 9.84 Å². The maximum atomic E-state index is 12.2. The second-order valence-corrected chi connectivity index (χ2v) is 7.59. The number of carbonyl (C=O) groups is 1. The summed E-state index contributed by atoms with van der Waals surface area (Å²) >= 11 is 0. The van der Waals surface area contributed by atoms with Gasteiger partial charge in [-0.15, -0.1) is 0 Å². The minimum absolute atomic E-state index is 0.199. The first-order valence-electron chi connectivity index (χ1n) is 8.79. The fraction of sp³-hybridized carbons (Fsp3) is 0.941. The Kier molecular flexibility index (Phi) is 4.86. The van der Waals surface area contributed by atoms with Gasteiger partial charge in [0.2, 0.25) is 0 Å². The van der Waals surface area contributed by atoms with Crippen molar-refractivity contribution in [3.63, 3.8) is 0 Å². The molecule has 0 aliphatic heterocycles. The SMILES string of the molecule is CC(=O)OC1(CCCOC(O)C(F)(F)F)CC2CC1C1CCCC21. The highest BCUT2D eigenvalue weighted by Crippen LogP contribution is 2.64. The number of carbonyl (C=O) groups excluding carboxylic acids is 1. The third kappa shape index (κ3) is 3.29. The second kappa shape index (κ2) is 6.48. The van der Waals surface area contributed by atoms with E-state index < -0.39 is 18.1 Å². The maximum absolute atomic E-state index is 12.2. The number of aliphatic hydroxyl groups excluding tert-OH is 1. The van der Waals surface area contributed by atoms with Crippen LogP contribution in [0.1, 0.15) is 51.9 Å². The number of esters is 1. The monoisotopic (exact) mass is 350 g/mol. The van der Waals surface area contributed by atoms with Crippen molar-refractivity contribution in [2.24, 2.45) is 23.7 Å². The third-order valence-electron chi connectivity index (χ3n) is 6.23. The minimum atomic E-state index is -4.77. The Labute approximate surface area is 139 Å². The van der Waals surface area contributed by atoms with Crippen molar-refractivity contribution < 1.29 is 32.5 Å². The smallest absolute Gasteiger partial charge is 0.439 e. The third-order valence-corrected chi connectivity index (χ3v) is 6.23. The molecular formula is C17H25F3O4. The van der Waals surface area contributed by atoms with Gasteiger partial charge in [-0.3, -0.25) is 4.79 Å². The predicted octanol–water partition coefficient (Wildman–Crippen LogP) is 3.42. The zero-order valence-electron chi connectivity index (χ0n) is 13.8. The first kappa shape index (κ1) is 18.0. The van der Waals surface area contributed by atoms with E-state index in [9.17, 15) is 18.0 Å². The molecule has 0 aromatic carbocycles. The molecule has 24 heavy (non-hydrogen) atoms. The van der Waals surface area contributed by atoms with Crippen LogP contribution in [0.4, 0.5) is 13.2 Å². The molecule has 2 bridgehead atoms. The summed E-state index contributed by atoms with van der Waals surface area (Å²) in [5.74, 6) is 1.90. The Bertz CT molecular complexity index is 481. The van der Waals surface area contributed by atoms with E-state index in [1.807, 2.05) is 0 Å². The molecule has 0 aromatic heterocycles. The molecule has 3 aliphatic carbocycles. The Morgan fingerprint density at radius 1 is 1.33 bits per heavy atom. The summed E-state index contributed by atoms with van der Waals surface area (Å²) in [5, 5.41) is 8.88. The molecule has 3 rings (SSSR count). The van der Waals surface area contributed by atoms with E-state index in [1.165, 1.54) is 19.8 Å². The summed E-state index contributed by atoms with van der Waals surface area (Å²) in [4.78, 5) is 11.6. The zero-order valence-corrected chi connectivity index (χ0v) is 13.8. The van der Waals surface area contributed by atoms with Crippen molar-refractivity contribution in [2.75, 3.05) is 6.61 Å². The van der Waals surface area contributed by atoms with Crippen LogP contribution in [-0.4, -0.2) is 35.8 Å². The average molecular weight is 350 g/mol. The van der Waals surface area contributed by atoms with E-state index >= 15 is 0 Å². The number of rotatable bonds is 6. The lowest BCUT2D eigenvalue weighted by atomic mass is 9.71. The standard InChI is InChI=1S/C17H25F3O4/c1-10(21)24-16(6-3-7-23-15(22)17(18,19)20)9-11-8-14(16)13-5-2-4-12(11)13/h11-15,22H,2-9H2,1H3. The van der Waals surface area contributed by atoms with Crippen LogP contribution in [0, 0.1) is 23.7 Å². The summed E-state index contributed by atoms with van der Waals surface area (Å²) in [6.45, 7) is 1.19. The van der Waals surface area contributed by atoms with Crippen molar-refractivity contribution in [2.45, 2.75) is 69.9 Å². The predicted molar refractivity (Wildman–Crippen MR) is 78.8 cm³/mol. The van der Waals surface area contributed by atoms with Crippen LogP contribution in [0.5, 0.6) is 0 Å². The van der Waals surface area contributed by atoms with E-state index in [1.54, 1.807) is 0 Å². The van der Waals surface area contributed by atoms with E-state index in [0.29, 0.717) is 30.6 Å². The highest BCUT2D eigenvalue weighted by Gasteiger charge is 2.62. The molecular weight excluding hydrogens is 325 g/mol. The summed E-state index contributed by atoms with van der Waals surface area (Å²) < 4.78 is 47.0. The molecule has 138 valence electrons. The molecule has 0 heterocycles. The Morgan fingerprint density at radius 3 is 2.71 bits per heavy atom. The van der Waals surface area contributed by atoms with E-state index in [2.05, 4.69) is 4.74 Å². The van der Waals surface area contributed by atoms with Crippen molar-refractivity contribution in [1.82, 2.24) is 0 Å². The molecule has 6 atom stereocenters.